The van der Waals surface area contributed by atoms with E-state index < -0.39 is 0 Å². The van der Waals surface area contributed by atoms with Gasteiger partial charge in [0.1, 0.15) is 0 Å². The van der Waals surface area contributed by atoms with Gasteiger partial charge in [-0.15, -0.1) is 0 Å². The van der Waals surface area contributed by atoms with Crippen molar-refractivity contribution in [2.24, 2.45) is 0 Å². The van der Waals surface area contributed by atoms with Crippen LogP contribution in [-0.2, 0) is 5.41 Å². The Hall–Kier alpha value is -5.98. The Morgan fingerprint density at radius 1 is 0.265 bits per heavy atom. The molecule has 0 N–H and O–H groups in total. The van der Waals surface area contributed by atoms with E-state index in [1.54, 1.807) is 0 Å². The molecule has 0 spiro atoms. The van der Waals surface area contributed by atoms with Crippen LogP contribution in [0.15, 0.2) is 182 Å². The summed E-state index contributed by atoms with van der Waals surface area (Å²) < 4.78 is 0. The summed E-state index contributed by atoms with van der Waals surface area (Å²) in [6.45, 7) is 4.77. The molecular weight excluding hydrogens is 589 g/mol. The number of rotatable bonds is 5. The van der Waals surface area contributed by atoms with Crippen molar-refractivity contribution in [2.75, 3.05) is 0 Å². The van der Waals surface area contributed by atoms with Crippen LogP contribution < -0.4 is 0 Å². The molecule has 8 aromatic carbocycles. The minimum absolute atomic E-state index is 0.146. The largest absolute Gasteiger partial charge is 0.0622 e. The van der Waals surface area contributed by atoms with E-state index in [0.29, 0.717) is 0 Å². The van der Waals surface area contributed by atoms with Crippen LogP contribution in [0.1, 0.15) is 25.0 Å². The maximum Gasteiger partial charge on any atom is 0.0159 e. The van der Waals surface area contributed by atoms with Gasteiger partial charge in [0.15, 0.2) is 0 Å². The van der Waals surface area contributed by atoms with Crippen LogP contribution in [-0.4, -0.2) is 0 Å². The number of hydrogen-bond acceptors (Lipinski definition) is 0. The lowest BCUT2D eigenvalue weighted by molar-refractivity contribution is 0.661. The lowest BCUT2D eigenvalue weighted by Crippen LogP contribution is -2.15. The first-order valence-electron chi connectivity index (χ1n) is 17.2. The average Bonchev–Trinajstić information content (AvgIpc) is 3.40. The fraction of sp³-hybridized carbons (Fsp3) is 0.0612. The monoisotopic (exact) mass is 624 g/mol. The number of benzene rings is 8. The van der Waals surface area contributed by atoms with Gasteiger partial charge in [-0.2, -0.15) is 0 Å². The number of hydrogen-bond donors (Lipinski definition) is 0. The van der Waals surface area contributed by atoms with Crippen LogP contribution in [0.4, 0.5) is 0 Å². The van der Waals surface area contributed by atoms with Crippen molar-refractivity contribution in [3.05, 3.63) is 193 Å². The fourth-order valence-corrected chi connectivity index (χ4v) is 7.87. The van der Waals surface area contributed by atoms with Crippen molar-refractivity contribution < 1.29 is 0 Å². The molecule has 232 valence electrons. The molecule has 0 unspecified atom stereocenters. The van der Waals surface area contributed by atoms with E-state index in [-0.39, 0.29) is 5.41 Å². The minimum Gasteiger partial charge on any atom is -0.0622 e. The summed E-state index contributed by atoms with van der Waals surface area (Å²) in [6.07, 6.45) is 0. The first-order valence-corrected chi connectivity index (χ1v) is 17.2. The lowest BCUT2D eigenvalue weighted by atomic mass is 9.80. The van der Waals surface area contributed by atoms with E-state index in [0.717, 1.165) is 0 Å². The molecule has 0 fully saturated rings. The molecule has 0 saturated heterocycles. The fourth-order valence-electron chi connectivity index (χ4n) is 7.87. The third kappa shape index (κ3) is 5.00. The van der Waals surface area contributed by atoms with Crippen LogP contribution in [0.25, 0.3) is 77.5 Å². The van der Waals surface area contributed by atoms with E-state index in [4.69, 9.17) is 0 Å². The Kier molecular flexibility index (Phi) is 6.92. The Labute approximate surface area is 289 Å². The maximum atomic E-state index is 2.45. The van der Waals surface area contributed by atoms with Gasteiger partial charge < -0.3 is 0 Å². The zero-order valence-electron chi connectivity index (χ0n) is 27.8. The van der Waals surface area contributed by atoms with Crippen molar-refractivity contribution >= 4 is 10.8 Å². The molecule has 1 aliphatic rings. The third-order valence-electron chi connectivity index (χ3n) is 10.5. The summed E-state index contributed by atoms with van der Waals surface area (Å²) in [5.74, 6) is 0. The van der Waals surface area contributed by atoms with E-state index in [1.165, 1.54) is 88.7 Å². The van der Waals surface area contributed by atoms with Crippen molar-refractivity contribution in [1.82, 2.24) is 0 Å². The SMILES string of the molecule is CC1(C)c2cc(-c3ccc(-c4ccccc4)c(-c4ccccc4)c3)ccc2-c2ccc(-c3cc4ccccc4cc3-c3ccccc3)cc21. The number of fused-ring (bicyclic) bond motifs is 4. The Bertz CT molecular complexity index is 2490. The first-order chi connectivity index (χ1) is 24.0. The minimum atomic E-state index is -0.146. The predicted octanol–water partition coefficient (Wildman–Crippen LogP) is 13.5. The second-order valence-corrected chi connectivity index (χ2v) is 13.7. The molecule has 8 aromatic rings. The van der Waals surface area contributed by atoms with Gasteiger partial charge in [0, 0.05) is 5.41 Å². The second kappa shape index (κ2) is 11.6. The molecular formula is C49H36. The summed E-state index contributed by atoms with van der Waals surface area (Å²) in [5, 5.41) is 2.52. The van der Waals surface area contributed by atoms with Gasteiger partial charge in [-0.3, -0.25) is 0 Å². The van der Waals surface area contributed by atoms with Crippen LogP contribution in [0.2, 0.25) is 0 Å². The van der Waals surface area contributed by atoms with Crippen LogP contribution in [0.3, 0.4) is 0 Å². The summed E-state index contributed by atoms with van der Waals surface area (Å²) in [7, 11) is 0. The summed E-state index contributed by atoms with van der Waals surface area (Å²) in [4.78, 5) is 0. The van der Waals surface area contributed by atoms with Gasteiger partial charge in [-0.25, -0.2) is 0 Å². The van der Waals surface area contributed by atoms with E-state index in [9.17, 15) is 0 Å². The van der Waals surface area contributed by atoms with Gasteiger partial charge >= 0.3 is 0 Å². The van der Waals surface area contributed by atoms with Gasteiger partial charge in [-0.05, 0) is 119 Å². The summed E-state index contributed by atoms with van der Waals surface area (Å²) >= 11 is 0. The zero-order valence-corrected chi connectivity index (χ0v) is 27.8. The maximum absolute atomic E-state index is 2.45. The van der Waals surface area contributed by atoms with Gasteiger partial charge in [0.25, 0.3) is 0 Å². The topological polar surface area (TPSA) is 0 Å². The quantitative estimate of drug-likeness (QED) is 0.179. The highest BCUT2D eigenvalue weighted by Gasteiger charge is 2.36. The molecule has 0 aliphatic heterocycles. The predicted molar refractivity (Wildman–Crippen MR) is 209 cm³/mol. The first kappa shape index (κ1) is 29.2. The Morgan fingerprint density at radius 2 is 0.633 bits per heavy atom. The van der Waals surface area contributed by atoms with Crippen LogP contribution in [0, 0.1) is 0 Å². The Morgan fingerprint density at radius 3 is 1.16 bits per heavy atom. The smallest absolute Gasteiger partial charge is 0.0159 e. The third-order valence-corrected chi connectivity index (χ3v) is 10.5. The van der Waals surface area contributed by atoms with E-state index >= 15 is 0 Å². The molecule has 0 heterocycles. The normalized spacial score (nSPS) is 12.9. The summed E-state index contributed by atoms with van der Waals surface area (Å²) in [6, 6.07) is 66.9. The van der Waals surface area contributed by atoms with Crippen LogP contribution >= 0.6 is 0 Å². The standard InChI is InChI=1S/C49H36/c1-49(2)47-31-39(38-22-25-41(33-14-6-3-7-15-33)44(30-38)34-16-8-4-9-17-34)23-26-42(47)43-27-24-40(32-48(43)49)46-29-37-21-13-12-20-36(37)28-45(46)35-18-10-5-11-19-35/h3-32H,1-2H3. The molecule has 0 saturated carbocycles. The summed E-state index contributed by atoms with van der Waals surface area (Å²) in [5.41, 5.74) is 17.8. The zero-order chi connectivity index (χ0) is 33.0. The molecule has 49 heavy (non-hydrogen) atoms. The molecule has 0 radical (unpaired) electrons. The molecule has 0 amide bonds. The lowest BCUT2D eigenvalue weighted by Gasteiger charge is -2.23. The van der Waals surface area contributed by atoms with Gasteiger partial charge in [0.2, 0.25) is 0 Å². The molecule has 9 rings (SSSR count). The van der Waals surface area contributed by atoms with Crippen molar-refractivity contribution in [3.8, 4) is 66.8 Å². The van der Waals surface area contributed by atoms with E-state index in [1.807, 2.05) is 0 Å². The highest BCUT2D eigenvalue weighted by atomic mass is 14.4. The molecule has 1 aliphatic carbocycles. The molecule has 0 bridgehead atoms. The molecule has 0 aromatic heterocycles. The average molecular weight is 625 g/mol. The van der Waals surface area contributed by atoms with Crippen molar-refractivity contribution in [2.45, 2.75) is 19.3 Å². The second-order valence-electron chi connectivity index (χ2n) is 13.7. The highest BCUT2D eigenvalue weighted by molar-refractivity contribution is 5.97. The van der Waals surface area contributed by atoms with Gasteiger partial charge in [0.05, 0.1) is 0 Å². The molecule has 0 heteroatoms. The Balaban J connectivity index is 1.15. The van der Waals surface area contributed by atoms with Crippen molar-refractivity contribution in [3.63, 3.8) is 0 Å². The highest BCUT2D eigenvalue weighted by Crippen LogP contribution is 2.51. The molecule has 0 nitrogen and oxygen atoms in total. The van der Waals surface area contributed by atoms with Gasteiger partial charge in [-0.1, -0.05) is 166 Å². The van der Waals surface area contributed by atoms with Crippen LogP contribution in [0.5, 0.6) is 0 Å². The molecule has 0 atom stereocenters. The van der Waals surface area contributed by atoms with E-state index in [2.05, 4.69) is 196 Å². The van der Waals surface area contributed by atoms with Crippen molar-refractivity contribution in [1.29, 1.82) is 0 Å².